The Morgan fingerprint density at radius 2 is 1.83 bits per heavy atom. The van der Waals surface area contributed by atoms with Crippen LogP contribution in [0, 0.1) is 17.8 Å². The van der Waals surface area contributed by atoms with Gasteiger partial charge in [-0.25, -0.2) is 13.2 Å². The molecule has 0 aliphatic carbocycles. The van der Waals surface area contributed by atoms with Crippen molar-refractivity contribution >= 4 is 27.0 Å². The molecule has 1 amide bonds. The number of aromatic nitrogens is 1. The Labute approximate surface area is 176 Å². The summed E-state index contributed by atoms with van der Waals surface area (Å²) >= 11 is 0. The number of benzene rings is 1. The molecule has 3 heterocycles. The molecule has 0 N–H and O–H groups in total. The van der Waals surface area contributed by atoms with Crippen LogP contribution in [0.4, 0.5) is 0 Å². The molecule has 164 valence electrons. The largest absolute Gasteiger partial charge is 0.419 e. The monoisotopic (exact) mass is 435 g/mol. The lowest BCUT2D eigenvalue weighted by molar-refractivity contribution is -0.139. The number of piperidine rings is 2. The molecule has 1 aromatic carbocycles. The van der Waals surface area contributed by atoms with Crippen molar-refractivity contribution in [1.29, 1.82) is 0 Å². The van der Waals surface area contributed by atoms with Crippen LogP contribution in [0.5, 0.6) is 0 Å². The van der Waals surface area contributed by atoms with E-state index in [0.717, 1.165) is 19.5 Å². The van der Waals surface area contributed by atoms with Crippen LogP contribution in [-0.2, 0) is 21.9 Å². The van der Waals surface area contributed by atoms with E-state index in [4.69, 9.17) is 4.42 Å². The van der Waals surface area contributed by atoms with Gasteiger partial charge < -0.3 is 9.32 Å². The number of sulfonamides is 1. The number of amides is 1. The highest BCUT2D eigenvalue weighted by molar-refractivity contribution is 7.89. The molecule has 2 aromatic rings. The molecule has 0 radical (unpaired) electrons. The number of carbonyl (C=O) groups is 1. The summed E-state index contributed by atoms with van der Waals surface area (Å²) < 4.78 is 34.4. The highest BCUT2D eigenvalue weighted by Crippen LogP contribution is 2.29. The Kier molecular flexibility index (Phi) is 5.52. The SMILES string of the molecule is C[C@@H]1C[C@@H](C)CN(C(=O)[C@@H]2CCCN(S(=O)(=O)c3ccc4c(c3)oc(=O)n4C)C2)C1. The third-order valence-corrected chi connectivity index (χ3v) is 8.18. The van der Waals surface area contributed by atoms with E-state index in [2.05, 4.69) is 13.8 Å². The summed E-state index contributed by atoms with van der Waals surface area (Å²) in [5.41, 5.74) is 0.781. The zero-order chi connectivity index (χ0) is 21.6. The lowest BCUT2D eigenvalue weighted by Crippen LogP contribution is -2.50. The molecule has 0 spiro atoms. The number of carbonyl (C=O) groups excluding carboxylic acids is 1. The number of fused-ring (bicyclic) bond motifs is 1. The molecule has 30 heavy (non-hydrogen) atoms. The molecule has 0 unspecified atom stereocenters. The first-order valence-corrected chi connectivity index (χ1v) is 12.0. The maximum atomic E-state index is 13.2. The van der Waals surface area contributed by atoms with Crippen LogP contribution in [0.25, 0.3) is 11.1 Å². The summed E-state index contributed by atoms with van der Waals surface area (Å²) in [4.78, 5) is 26.8. The van der Waals surface area contributed by atoms with Crippen molar-refractivity contribution in [2.75, 3.05) is 26.2 Å². The van der Waals surface area contributed by atoms with Crippen LogP contribution in [0.2, 0.25) is 0 Å². The first-order chi connectivity index (χ1) is 14.2. The van der Waals surface area contributed by atoms with Gasteiger partial charge in [-0.1, -0.05) is 13.8 Å². The molecule has 2 fully saturated rings. The van der Waals surface area contributed by atoms with E-state index in [0.29, 0.717) is 36.7 Å². The molecule has 4 rings (SSSR count). The lowest BCUT2D eigenvalue weighted by atomic mass is 9.90. The van der Waals surface area contributed by atoms with Crippen molar-refractivity contribution in [2.45, 2.75) is 38.0 Å². The van der Waals surface area contributed by atoms with Crippen molar-refractivity contribution in [1.82, 2.24) is 13.8 Å². The second-order valence-corrected chi connectivity index (χ2v) is 10.9. The molecule has 2 aliphatic heterocycles. The summed E-state index contributed by atoms with van der Waals surface area (Å²) in [7, 11) is -2.21. The van der Waals surface area contributed by atoms with Gasteiger partial charge in [-0.05, 0) is 43.2 Å². The van der Waals surface area contributed by atoms with Crippen LogP contribution in [0.15, 0.2) is 32.3 Å². The van der Waals surface area contributed by atoms with Gasteiger partial charge in [0.05, 0.1) is 16.3 Å². The summed E-state index contributed by atoms with van der Waals surface area (Å²) in [5.74, 6) is 0.150. The molecule has 8 nitrogen and oxygen atoms in total. The molecule has 0 bridgehead atoms. The van der Waals surface area contributed by atoms with Gasteiger partial charge in [-0.2, -0.15) is 4.31 Å². The first-order valence-electron chi connectivity index (χ1n) is 10.6. The Balaban J connectivity index is 1.55. The van der Waals surface area contributed by atoms with Gasteiger partial charge in [0.1, 0.15) is 0 Å². The zero-order valence-electron chi connectivity index (χ0n) is 17.7. The van der Waals surface area contributed by atoms with Gasteiger partial charge in [0, 0.05) is 39.3 Å². The van der Waals surface area contributed by atoms with Gasteiger partial charge in [-0.3, -0.25) is 9.36 Å². The fourth-order valence-corrected chi connectivity index (χ4v) is 6.43. The van der Waals surface area contributed by atoms with E-state index in [1.165, 1.54) is 21.0 Å². The van der Waals surface area contributed by atoms with Gasteiger partial charge in [-0.15, -0.1) is 0 Å². The Morgan fingerprint density at radius 3 is 2.53 bits per heavy atom. The summed E-state index contributed by atoms with van der Waals surface area (Å²) in [6.45, 7) is 6.39. The van der Waals surface area contributed by atoms with Crippen LogP contribution in [-0.4, -0.2) is 54.3 Å². The van der Waals surface area contributed by atoms with Crippen LogP contribution >= 0.6 is 0 Å². The molecule has 9 heteroatoms. The van der Waals surface area contributed by atoms with Gasteiger partial charge in [0.2, 0.25) is 15.9 Å². The second kappa shape index (κ2) is 7.85. The van der Waals surface area contributed by atoms with E-state index < -0.39 is 15.8 Å². The number of rotatable bonds is 3. The van der Waals surface area contributed by atoms with Crippen LogP contribution in [0.3, 0.4) is 0 Å². The summed E-state index contributed by atoms with van der Waals surface area (Å²) in [5, 5.41) is 0. The van der Waals surface area contributed by atoms with Gasteiger partial charge in [0.25, 0.3) is 0 Å². The zero-order valence-corrected chi connectivity index (χ0v) is 18.5. The number of nitrogens with zero attached hydrogens (tertiary/aromatic N) is 3. The molecule has 0 saturated carbocycles. The number of hydrogen-bond donors (Lipinski definition) is 0. The standard InChI is InChI=1S/C21H29N3O5S/c1-14-9-15(2)12-23(11-14)20(25)16-5-4-8-24(13-16)30(27,28)17-6-7-18-19(10-17)29-21(26)22(18)3/h6-7,10,14-16H,4-5,8-9,11-13H2,1-3H3/t14-,15-,16-/m1/s1. The van der Waals surface area contributed by atoms with E-state index in [1.807, 2.05) is 4.90 Å². The first kappa shape index (κ1) is 21.1. The molecule has 2 aliphatic rings. The minimum absolute atomic E-state index is 0.0674. The van der Waals surface area contributed by atoms with Crippen LogP contribution < -0.4 is 5.76 Å². The van der Waals surface area contributed by atoms with Gasteiger partial charge >= 0.3 is 5.76 Å². The van der Waals surface area contributed by atoms with E-state index in [-0.39, 0.29) is 28.8 Å². The fourth-order valence-electron chi connectivity index (χ4n) is 4.89. The van der Waals surface area contributed by atoms with Crippen molar-refractivity contribution in [3.05, 3.63) is 28.7 Å². The smallest absolute Gasteiger partial charge is 0.408 e. The minimum Gasteiger partial charge on any atom is -0.408 e. The number of hydrogen-bond acceptors (Lipinski definition) is 5. The predicted octanol–water partition coefficient (Wildman–Crippen LogP) is 2.04. The molecule has 3 atom stereocenters. The van der Waals surface area contributed by atoms with E-state index in [9.17, 15) is 18.0 Å². The molecular weight excluding hydrogens is 406 g/mol. The maximum Gasteiger partial charge on any atom is 0.419 e. The Morgan fingerprint density at radius 1 is 1.13 bits per heavy atom. The minimum atomic E-state index is -3.78. The number of oxazole rings is 1. The average Bonchev–Trinajstić information content (AvgIpc) is 3.00. The third-order valence-electron chi connectivity index (χ3n) is 6.32. The average molecular weight is 436 g/mol. The Bertz CT molecular complexity index is 1110. The summed E-state index contributed by atoms with van der Waals surface area (Å²) in [6, 6.07) is 4.47. The quantitative estimate of drug-likeness (QED) is 0.736. The second-order valence-electron chi connectivity index (χ2n) is 8.95. The number of aryl methyl sites for hydroxylation is 1. The molecular formula is C21H29N3O5S. The predicted molar refractivity (Wildman–Crippen MR) is 112 cm³/mol. The fraction of sp³-hybridized carbons (Fsp3) is 0.619. The normalized spacial score (nSPS) is 26.2. The Hall–Kier alpha value is -2.13. The van der Waals surface area contributed by atoms with E-state index >= 15 is 0 Å². The highest BCUT2D eigenvalue weighted by atomic mass is 32.2. The number of likely N-dealkylation sites (tertiary alicyclic amines) is 1. The molecule has 2 saturated heterocycles. The van der Waals surface area contributed by atoms with E-state index in [1.54, 1.807) is 13.1 Å². The highest BCUT2D eigenvalue weighted by Gasteiger charge is 2.37. The maximum absolute atomic E-state index is 13.2. The van der Waals surface area contributed by atoms with Gasteiger partial charge in [0.15, 0.2) is 5.58 Å². The van der Waals surface area contributed by atoms with Crippen molar-refractivity contribution < 1.29 is 17.6 Å². The third kappa shape index (κ3) is 3.80. The molecule has 1 aromatic heterocycles. The van der Waals surface area contributed by atoms with Crippen LogP contribution in [0.1, 0.15) is 33.1 Å². The lowest BCUT2D eigenvalue weighted by Gasteiger charge is -2.39. The summed E-state index contributed by atoms with van der Waals surface area (Å²) in [6.07, 6.45) is 2.47. The van der Waals surface area contributed by atoms with Crippen molar-refractivity contribution in [2.24, 2.45) is 24.8 Å². The van der Waals surface area contributed by atoms with Crippen molar-refractivity contribution in [3.8, 4) is 0 Å². The van der Waals surface area contributed by atoms with Crippen molar-refractivity contribution in [3.63, 3.8) is 0 Å². The topological polar surface area (TPSA) is 92.8 Å².